The first-order valence-electron chi connectivity index (χ1n) is 7.17. The minimum atomic E-state index is 0.0699. The second-order valence-electron chi connectivity index (χ2n) is 5.60. The molecule has 1 atom stereocenters. The van der Waals surface area contributed by atoms with Crippen LogP contribution in [0.2, 0.25) is 0 Å². The monoisotopic (exact) mass is 284 g/mol. The highest BCUT2D eigenvalue weighted by Crippen LogP contribution is 2.27. The van der Waals surface area contributed by atoms with Gasteiger partial charge >= 0.3 is 0 Å². The van der Waals surface area contributed by atoms with E-state index in [-0.39, 0.29) is 11.9 Å². The summed E-state index contributed by atoms with van der Waals surface area (Å²) in [7, 11) is 3.85. The lowest BCUT2D eigenvalue weighted by atomic mass is 10.1. The van der Waals surface area contributed by atoms with Gasteiger partial charge in [0.05, 0.1) is 6.04 Å². The van der Waals surface area contributed by atoms with Crippen molar-refractivity contribution < 1.29 is 4.79 Å². The molecule has 110 valence electrons. The number of amides is 1. The SMILES string of the molecule is CC1c2cccn2CCN1C(=O)c1ccnc(N(C)C)c1. The van der Waals surface area contributed by atoms with E-state index in [0.29, 0.717) is 5.56 Å². The van der Waals surface area contributed by atoms with Crippen LogP contribution in [0.5, 0.6) is 0 Å². The quantitative estimate of drug-likeness (QED) is 0.848. The highest BCUT2D eigenvalue weighted by atomic mass is 16.2. The molecule has 2 aromatic heterocycles. The third-order valence-electron chi connectivity index (χ3n) is 4.05. The van der Waals surface area contributed by atoms with Crippen LogP contribution < -0.4 is 4.90 Å². The van der Waals surface area contributed by atoms with Crippen LogP contribution in [0.25, 0.3) is 0 Å². The molecule has 1 aliphatic heterocycles. The zero-order valence-corrected chi connectivity index (χ0v) is 12.7. The number of rotatable bonds is 2. The lowest BCUT2D eigenvalue weighted by Crippen LogP contribution is -2.40. The van der Waals surface area contributed by atoms with Crippen LogP contribution >= 0.6 is 0 Å². The topological polar surface area (TPSA) is 41.4 Å². The lowest BCUT2D eigenvalue weighted by molar-refractivity contribution is 0.0644. The molecule has 0 N–H and O–H groups in total. The molecule has 1 unspecified atom stereocenters. The maximum absolute atomic E-state index is 12.8. The maximum atomic E-state index is 12.8. The molecular weight excluding hydrogens is 264 g/mol. The Morgan fingerprint density at radius 3 is 2.90 bits per heavy atom. The molecule has 1 aliphatic rings. The second-order valence-corrected chi connectivity index (χ2v) is 5.60. The molecule has 2 aromatic rings. The molecule has 5 heteroatoms. The summed E-state index contributed by atoms with van der Waals surface area (Å²) in [4.78, 5) is 20.9. The Morgan fingerprint density at radius 2 is 2.14 bits per heavy atom. The van der Waals surface area contributed by atoms with Crippen LogP contribution in [0, 0.1) is 0 Å². The van der Waals surface area contributed by atoms with Crippen molar-refractivity contribution in [2.75, 3.05) is 25.5 Å². The van der Waals surface area contributed by atoms with E-state index in [9.17, 15) is 4.79 Å². The summed E-state index contributed by atoms with van der Waals surface area (Å²) in [5, 5.41) is 0. The van der Waals surface area contributed by atoms with Crippen molar-refractivity contribution in [1.82, 2.24) is 14.5 Å². The first-order chi connectivity index (χ1) is 10.1. The highest BCUT2D eigenvalue weighted by molar-refractivity contribution is 5.95. The number of carbonyl (C=O) groups is 1. The van der Waals surface area contributed by atoms with Crippen molar-refractivity contribution in [2.45, 2.75) is 19.5 Å². The van der Waals surface area contributed by atoms with Crippen LogP contribution in [-0.4, -0.2) is 41.0 Å². The number of anilines is 1. The van der Waals surface area contributed by atoms with E-state index in [1.165, 1.54) is 5.69 Å². The summed E-state index contributed by atoms with van der Waals surface area (Å²) in [5.74, 6) is 0.870. The molecule has 0 saturated heterocycles. The zero-order chi connectivity index (χ0) is 15.0. The van der Waals surface area contributed by atoms with Crippen molar-refractivity contribution >= 4 is 11.7 Å². The Balaban J connectivity index is 1.88. The number of hydrogen-bond acceptors (Lipinski definition) is 3. The summed E-state index contributed by atoms with van der Waals surface area (Å²) in [6, 6.07) is 7.86. The molecule has 0 radical (unpaired) electrons. The third-order valence-corrected chi connectivity index (χ3v) is 4.05. The van der Waals surface area contributed by atoms with Crippen LogP contribution in [0.3, 0.4) is 0 Å². The summed E-state index contributed by atoms with van der Waals surface area (Å²) in [5.41, 5.74) is 1.89. The van der Waals surface area contributed by atoms with E-state index in [4.69, 9.17) is 0 Å². The van der Waals surface area contributed by atoms with E-state index in [2.05, 4.69) is 28.7 Å². The van der Waals surface area contributed by atoms with Crippen molar-refractivity contribution in [3.63, 3.8) is 0 Å². The molecule has 3 heterocycles. The summed E-state index contributed by atoms with van der Waals surface area (Å²) in [6.07, 6.45) is 3.77. The van der Waals surface area contributed by atoms with Gasteiger partial charge in [-0.2, -0.15) is 0 Å². The van der Waals surface area contributed by atoms with Gasteiger partial charge in [-0.1, -0.05) is 0 Å². The molecule has 3 rings (SSSR count). The van der Waals surface area contributed by atoms with Gasteiger partial charge in [0.2, 0.25) is 0 Å². The second kappa shape index (κ2) is 5.24. The normalized spacial score (nSPS) is 17.5. The van der Waals surface area contributed by atoms with Gasteiger partial charge < -0.3 is 14.4 Å². The minimum Gasteiger partial charge on any atom is -0.363 e. The average molecular weight is 284 g/mol. The average Bonchev–Trinajstić information content (AvgIpc) is 2.96. The molecule has 0 fully saturated rings. The van der Waals surface area contributed by atoms with Crippen LogP contribution in [0.1, 0.15) is 29.0 Å². The molecule has 0 aliphatic carbocycles. The van der Waals surface area contributed by atoms with E-state index < -0.39 is 0 Å². The van der Waals surface area contributed by atoms with Crippen molar-refractivity contribution in [3.05, 3.63) is 47.9 Å². The van der Waals surface area contributed by atoms with Gasteiger partial charge in [-0.25, -0.2) is 4.98 Å². The number of nitrogens with zero attached hydrogens (tertiary/aromatic N) is 4. The van der Waals surface area contributed by atoms with Crippen molar-refractivity contribution in [1.29, 1.82) is 0 Å². The Morgan fingerprint density at radius 1 is 1.33 bits per heavy atom. The van der Waals surface area contributed by atoms with Crippen LogP contribution in [0.15, 0.2) is 36.7 Å². The van der Waals surface area contributed by atoms with Crippen LogP contribution in [-0.2, 0) is 6.54 Å². The molecule has 0 bridgehead atoms. The lowest BCUT2D eigenvalue weighted by Gasteiger charge is -2.35. The Bertz CT molecular complexity index is 662. The number of fused-ring (bicyclic) bond motifs is 1. The van der Waals surface area contributed by atoms with Crippen LogP contribution in [0.4, 0.5) is 5.82 Å². The summed E-state index contributed by atoms with van der Waals surface area (Å²) >= 11 is 0. The van der Waals surface area contributed by atoms with E-state index in [1.807, 2.05) is 36.0 Å². The largest absolute Gasteiger partial charge is 0.363 e. The molecule has 5 nitrogen and oxygen atoms in total. The number of aromatic nitrogens is 2. The van der Waals surface area contributed by atoms with E-state index in [1.54, 1.807) is 12.3 Å². The Kier molecular flexibility index (Phi) is 3.41. The smallest absolute Gasteiger partial charge is 0.254 e. The van der Waals surface area contributed by atoms with Gasteiger partial charge in [-0.3, -0.25) is 4.79 Å². The van der Waals surface area contributed by atoms with Crippen molar-refractivity contribution in [2.24, 2.45) is 0 Å². The van der Waals surface area contributed by atoms with Gasteiger partial charge in [-0.05, 0) is 31.2 Å². The van der Waals surface area contributed by atoms with Crippen molar-refractivity contribution in [3.8, 4) is 0 Å². The van der Waals surface area contributed by atoms with Gasteiger partial charge in [0, 0.05) is 50.8 Å². The number of carbonyl (C=O) groups excluding carboxylic acids is 1. The predicted octanol–water partition coefficient (Wildman–Crippen LogP) is 2.17. The number of hydrogen-bond donors (Lipinski definition) is 0. The van der Waals surface area contributed by atoms with Gasteiger partial charge in [0.15, 0.2) is 0 Å². The van der Waals surface area contributed by atoms with E-state index >= 15 is 0 Å². The molecular formula is C16H20N4O. The molecule has 0 aromatic carbocycles. The Labute approximate surface area is 124 Å². The first-order valence-corrected chi connectivity index (χ1v) is 7.17. The fourth-order valence-electron chi connectivity index (χ4n) is 2.82. The molecule has 0 saturated carbocycles. The standard InChI is InChI=1S/C16H20N4O/c1-12-14-5-4-8-19(14)9-10-20(12)16(21)13-6-7-17-15(11-13)18(2)3/h4-8,11-12H,9-10H2,1-3H3. The minimum absolute atomic E-state index is 0.0699. The third kappa shape index (κ3) is 2.39. The summed E-state index contributed by atoms with van der Waals surface area (Å²) < 4.78 is 2.21. The van der Waals surface area contributed by atoms with E-state index in [0.717, 1.165) is 18.9 Å². The maximum Gasteiger partial charge on any atom is 0.254 e. The number of pyridine rings is 1. The highest BCUT2D eigenvalue weighted by Gasteiger charge is 2.28. The zero-order valence-electron chi connectivity index (χ0n) is 12.7. The fourth-order valence-corrected chi connectivity index (χ4v) is 2.82. The Hall–Kier alpha value is -2.30. The van der Waals surface area contributed by atoms with Gasteiger partial charge in [0.25, 0.3) is 5.91 Å². The predicted molar refractivity (Wildman–Crippen MR) is 82.4 cm³/mol. The molecule has 21 heavy (non-hydrogen) atoms. The molecule has 1 amide bonds. The van der Waals surface area contributed by atoms with Gasteiger partial charge in [0.1, 0.15) is 5.82 Å². The fraction of sp³-hybridized carbons (Fsp3) is 0.375. The molecule has 0 spiro atoms. The van der Waals surface area contributed by atoms with Gasteiger partial charge in [-0.15, -0.1) is 0 Å². The first kappa shape index (κ1) is 13.7. The summed E-state index contributed by atoms with van der Waals surface area (Å²) in [6.45, 7) is 3.67.